The number of aromatic nitrogens is 4. The van der Waals surface area contributed by atoms with E-state index < -0.39 is 11.6 Å². The second-order valence-electron chi connectivity index (χ2n) is 11.3. The first-order valence-electron chi connectivity index (χ1n) is 14.9. The largest absolute Gasteiger partial charge is 0.353 e. The molecule has 0 atom stereocenters. The van der Waals surface area contributed by atoms with Crippen LogP contribution in [0.3, 0.4) is 0 Å². The maximum Gasteiger partial charge on any atom is 0.335 e. The fraction of sp³-hybridized carbons (Fsp3) is 0.517. The van der Waals surface area contributed by atoms with Crippen molar-refractivity contribution in [3.63, 3.8) is 0 Å². The molecule has 236 valence electrons. The van der Waals surface area contributed by atoms with Gasteiger partial charge in [-0.25, -0.2) is 15.4 Å². The van der Waals surface area contributed by atoms with Crippen LogP contribution in [0, 0.1) is 0 Å². The molecule has 0 spiro atoms. The average molecular weight is 642 g/mol. The molecule has 0 radical (unpaired) electrons. The monoisotopic (exact) mass is 641 g/mol. The molecule has 2 aliphatic heterocycles. The molecule has 0 unspecified atom stereocenters. The summed E-state index contributed by atoms with van der Waals surface area (Å²) in [5.41, 5.74) is 4.72. The van der Waals surface area contributed by atoms with E-state index in [2.05, 4.69) is 49.0 Å². The molecule has 5 heterocycles. The summed E-state index contributed by atoms with van der Waals surface area (Å²) in [5.74, 6) is 1.48. The van der Waals surface area contributed by atoms with Crippen molar-refractivity contribution in [3.8, 4) is 11.4 Å². The number of carbonyl (C=O) groups excluding carboxylic acids is 1. The van der Waals surface area contributed by atoms with Gasteiger partial charge in [-0.05, 0) is 38.6 Å². The molecule has 4 aromatic rings. The van der Waals surface area contributed by atoms with Crippen molar-refractivity contribution < 1.29 is 18.4 Å². The number of H-pyrrole nitrogens is 1. The highest BCUT2D eigenvalue weighted by molar-refractivity contribution is 7.51. The molecule has 44 heavy (non-hydrogen) atoms. The van der Waals surface area contributed by atoms with Gasteiger partial charge in [0.2, 0.25) is 5.91 Å². The van der Waals surface area contributed by atoms with Crippen molar-refractivity contribution in [1.82, 2.24) is 40.3 Å². The molecular formula is C29H39N9O4S2. The van der Waals surface area contributed by atoms with Gasteiger partial charge in [0, 0.05) is 81.2 Å². The van der Waals surface area contributed by atoms with Gasteiger partial charge in [-0.2, -0.15) is 13.5 Å². The Morgan fingerprint density at radius 2 is 1.77 bits per heavy atom. The van der Waals surface area contributed by atoms with E-state index in [9.17, 15) is 4.79 Å². The van der Waals surface area contributed by atoms with E-state index in [4.69, 9.17) is 23.6 Å². The van der Waals surface area contributed by atoms with Crippen molar-refractivity contribution in [2.75, 3.05) is 70.9 Å². The highest BCUT2D eigenvalue weighted by Gasteiger charge is 2.24. The number of fused-ring (bicyclic) bond motifs is 2. The molecule has 2 fully saturated rings. The Balaban J connectivity index is 0.00000123. The second-order valence-corrected chi connectivity index (χ2v) is 12.5. The minimum absolute atomic E-state index is 0.307. The number of aromatic amines is 1. The second kappa shape index (κ2) is 15.6. The lowest BCUT2D eigenvalue weighted by Gasteiger charge is -2.35. The number of piperazine rings is 2. The first-order valence-corrected chi connectivity index (χ1v) is 16.4. The average Bonchev–Trinajstić information content (AvgIpc) is 3.69. The standard InChI is InChI=1S/C29H39N9O2S.O2S/c1-35-10-12-37(13-11-35)20-21-18-25-27(41-21)29(32-28(31-25)22-6-5-7-24-23(22)19-30-33-24)38-16-14-36(15-17-38)9-4-2-3-8-26(39)34-40;1-3-2/h5-7,18-19,40H,2-4,8-17,20H2,1H3,(H,30,33)(H,34,39);. The maximum atomic E-state index is 11.2. The number of likely N-dealkylation sites (N-methyl/N-ethyl adjacent to an activating group) is 1. The Morgan fingerprint density at radius 1 is 1.02 bits per heavy atom. The van der Waals surface area contributed by atoms with Gasteiger partial charge in [0.15, 0.2) is 11.6 Å². The minimum atomic E-state index is -0.750. The number of hydrogen-bond acceptors (Lipinski definition) is 12. The molecule has 1 amide bonds. The lowest BCUT2D eigenvalue weighted by atomic mass is 10.1. The maximum absolute atomic E-state index is 11.2. The number of benzene rings is 1. The Kier molecular flexibility index (Phi) is 11.4. The zero-order valence-corrected chi connectivity index (χ0v) is 26.5. The smallest absolute Gasteiger partial charge is 0.335 e. The van der Waals surface area contributed by atoms with E-state index in [0.717, 1.165) is 118 Å². The third kappa shape index (κ3) is 8.02. The van der Waals surface area contributed by atoms with Crippen LogP contribution in [0.1, 0.15) is 30.6 Å². The van der Waals surface area contributed by atoms with E-state index in [-0.39, 0.29) is 5.91 Å². The van der Waals surface area contributed by atoms with Gasteiger partial charge in [0.25, 0.3) is 0 Å². The number of nitrogens with one attached hydrogen (secondary N) is 2. The van der Waals surface area contributed by atoms with Crippen LogP contribution in [-0.4, -0.2) is 120 Å². The molecule has 0 aliphatic carbocycles. The van der Waals surface area contributed by atoms with Crippen molar-refractivity contribution in [2.24, 2.45) is 0 Å². The molecule has 13 nitrogen and oxygen atoms in total. The highest BCUT2D eigenvalue weighted by atomic mass is 32.1. The molecular weight excluding hydrogens is 603 g/mol. The summed E-state index contributed by atoms with van der Waals surface area (Å²) in [7, 11) is 2.19. The number of unbranched alkanes of at least 4 members (excludes halogenated alkanes) is 2. The van der Waals surface area contributed by atoms with Crippen LogP contribution in [0.2, 0.25) is 0 Å². The van der Waals surface area contributed by atoms with Gasteiger partial charge in [0.05, 0.1) is 21.9 Å². The third-order valence-electron chi connectivity index (χ3n) is 8.28. The molecule has 0 saturated carbocycles. The number of nitrogens with zero attached hydrogens (tertiary/aromatic N) is 7. The molecule has 6 rings (SSSR count). The molecule has 3 N–H and O–H groups in total. The Bertz CT molecular complexity index is 1570. The first kappa shape index (κ1) is 32.1. The summed E-state index contributed by atoms with van der Waals surface area (Å²) in [6.07, 6.45) is 5.07. The lowest BCUT2D eigenvalue weighted by Crippen LogP contribution is -2.47. The van der Waals surface area contributed by atoms with Crippen LogP contribution in [0.15, 0.2) is 30.5 Å². The Morgan fingerprint density at radius 3 is 2.52 bits per heavy atom. The topological polar surface area (TPSA) is 151 Å². The predicted molar refractivity (Wildman–Crippen MR) is 171 cm³/mol. The highest BCUT2D eigenvalue weighted by Crippen LogP contribution is 2.36. The number of hydroxylamine groups is 1. The van der Waals surface area contributed by atoms with Crippen LogP contribution in [-0.2, 0) is 22.9 Å². The van der Waals surface area contributed by atoms with Crippen LogP contribution in [0.5, 0.6) is 0 Å². The van der Waals surface area contributed by atoms with Crippen molar-refractivity contribution in [1.29, 1.82) is 0 Å². The fourth-order valence-corrected chi connectivity index (χ4v) is 6.96. The number of carbonyl (C=O) groups is 1. The van der Waals surface area contributed by atoms with Crippen LogP contribution >= 0.6 is 11.3 Å². The normalized spacial score (nSPS) is 16.6. The molecule has 2 saturated heterocycles. The van der Waals surface area contributed by atoms with Crippen LogP contribution in [0.4, 0.5) is 5.82 Å². The van der Waals surface area contributed by atoms with Crippen molar-refractivity contribution in [2.45, 2.75) is 32.2 Å². The summed E-state index contributed by atoms with van der Waals surface area (Å²) in [6, 6.07) is 8.42. The first-order chi connectivity index (χ1) is 21.5. The fourth-order valence-electron chi connectivity index (χ4n) is 5.80. The quantitative estimate of drug-likeness (QED) is 0.133. The lowest BCUT2D eigenvalue weighted by molar-refractivity contribution is -0.129. The Hall–Kier alpha value is -3.34. The molecule has 2 aliphatic rings. The third-order valence-corrected chi connectivity index (χ3v) is 9.39. The summed E-state index contributed by atoms with van der Waals surface area (Å²) < 4.78 is 17.8. The van der Waals surface area contributed by atoms with Crippen LogP contribution in [0.25, 0.3) is 32.5 Å². The zero-order chi connectivity index (χ0) is 30.9. The van der Waals surface area contributed by atoms with E-state index in [1.54, 1.807) is 5.48 Å². The van der Waals surface area contributed by atoms with Gasteiger partial charge < -0.3 is 9.80 Å². The van der Waals surface area contributed by atoms with Gasteiger partial charge >= 0.3 is 11.6 Å². The SMILES string of the molecule is CN1CCN(Cc2cc3nc(-c4cccc5[nH]ncc45)nc(N4CCN(CCCCCC(=O)NO)CC4)c3s2)CC1.O=S=O. The number of rotatable bonds is 10. The van der Waals surface area contributed by atoms with Gasteiger partial charge in [0.1, 0.15) is 0 Å². The molecule has 0 bridgehead atoms. The summed E-state index contributed by atoms with van der Waals surface area (Å²) in [5, 5.41) is 17.0. The number of hydrogen-bond donors (Lipinski definition) is 3. The zero-order valence-electron chi connectivity index (χ0n) is 24.9. The minimum Gasteiger partial charge on any atom is -0.353 e. The number of amides is 1. The van der Waals surface area contributed by atoms with Crippen LogP contribution < -0.4 is 10.4 Å². The summed E-state index contributed by atoms with van der Waals surface area (Å²) >= 11 is 1.09. The van der Waals surface area contributed by atoms with Crippen molar-refractivity contribution >= 4 is 55.8 Å². The van der Waals surface area contributed by atoms with E-state index >= 15 is 0 Å². The number of anilines is 1. The number of thiophene rings is 1. The van der Waals surface area contributed by atoms with Gasteiger partial charge in [-0.15, -0.1) is 11.3 Å². The van der Waals surface area contributed by atoms with E-state index in [1.807, 2.05) is 29.7 Å². The van der Waals surface area contributed by atoms with Crippen molar-refractivity contribution in [3.05, 3.63) is 35.3 Å². The summed E-state index contributed by atoms with van der Waals surface area (Å²) in [6.45, 7) is 10.2. The van der Waals surface area contributed by atoms with Gasteiger partial charge in [-0.1, -0.05) is 18.6 Å². The molecule has 15 heteroatoms. The molecule has 3 aromatic heterocycles. The van der Waals surface area contributed by atoms with E-state index in [1.165, 1.54) is 9.58 Å². The Labute approximate surface area is 263 Å². The van der Waals surface area contributed by atoms with E-state index in [0.29, 0.717) is 6.42 Å². The molecule has 1 aromatic carbocycles. The summed E-state index contributed by atoms with van der Waals surface area (Å²) in [4.78, 5) is 32.7. The predicted octanol–water partition coefficient (Wildman–Crippen LogP) is 2.50. The van der Waals surface area contributed by atoms with Gasteiger partial charge in [-0.3, -0.25) is 24.9 Å².